The van der Waals surface area contributed by atoms with Crippen molar-refractivity contribution in [1.29, 1.82) is 0 Å². The van der Waals surface area contributed by atoms with Crippen molar-refractivity contribution in [3.63, 3.8) is 0 Å². The van der Waals surface area contributed by atoms with Crippen LogP contribution >= 0.6 is 11.8 Å². The predicted octanol–water partition coefficient (Wildman–Crippen LogP) is 2.12. The Balaban J connectivity index is 1.83. The number of thioether (sulfide) groups is 1. The molecular formula is C12H9NO4S. The Morgan fingerprint density at radius 2 is 2.06 bits per heavy atom. The number of fused-ring (bicyclic) bond motifs is 1. The minimum absolute atomic E-state index is 0.201. The summed E-state index contributed by atoms with van der Waals surface area (Å²) in [6.45, 7) is 3.97. The Kier molecular flexibility index (Phi) is 2.52. The number of carbonyl (C=O) groups is 2. The van der Waals surface area contributed by atoms with E-state index < -0.39 is 0 Å². The maximum Gasteiger partial charge on any atom is 0.293 e. The molecule has 5 nitrogen and oxygen atoms in total. The molecule has 0 radical (unpaired) electrons. The lowest BCUT2D eigenvalue weighted by atomic mass is 10.2. The Labute approximate surface area is 107 Å². The topological polar surface area (TPSA) is 55.8 Å². The SMILES string of the molecule is C=C1SC(=O)N(Cc2ccc3c(c2)OCO3)C1=O. The summed E-state index contributed by atoms with van der Waals surface area (Å²) in [6, 6.07) is 5.35. The monoisotopic (exact) mass is 263 g/mol. The first-order valence-electron chi connectivity index (χ1n) is 5.26. The Hall–Kier alpha value is -1.95. The van der Waals surface area contributed by atoms with Crippen LogP contribution in [0.5, 0.6) is 11.5 Å². The third-order valence-corrected chi connectivity index (χ3v) is 3.51. The van der Waals surface area contributed by atoms with E-state index in [1.165, 1.54) is 4.90 Å². The Bertz CT molecular complexity index is 569. The lowest BCUT2D eigenvalue weighted by molar-refractivity contribution is -0.123. The number of hydrogen-bond donors (Lipinski definition) is 0. The highest BCUT2D eigenvalue weighted by molar-refractivity contribution is 8.18. The van der Waals surface area contributed by atoms with Gasteiger partial charge in [-0.2, -0.15) is 0 Å². The van der Waals surface area contributed by atoms with Gasteiger partial charge in [-0.3, -0.25) is 14.5 Å². The molecule has 0 spiro atoms. The summed E-state index contributed by atoms with van der Waals surface area (Å²) in [4.78, 5) is 24.7. The molecule has 92 valence electrons. The summed E-state index contributed by atoms with van der Waals surface area (Å²) < 4.78 is 10.4. The van der Waals surface area contributed by atoms with Crippen molar-refractivity contribution >= 4 is 22.9 Å². The fourth-order valence-corrected chi connectivity index (χ4v) is 2.46. The first-order chi connectivity index (χ1) is 8.65. The molecule has 18 heavy (non-hydrogen) atoms. The van der Waals surface area contributed by atoms with Crippen molar-refractivity contribution < 1.29 is 19.1 Å². The maximum absolute atomic E-state index is 11.7. The van der Waals surface area contributed by atoms with Crippen LogP contribution in [0.25, 0.3) is 0 Å². The summed E-state index contributed by atoms with van der Waals surface area (Å²) in [5.41, 5.74) is 0.816. The summed E-state index contributed by atoms with van der Waals surface area (Å²) in [7, 11) is 0. The largest absolute Gasteiger partial charge is 0.454 e. The summed E-state index contributed by atoms with van der Waals surface area (Å²) in [5.74, 6) is 0.984. The standard InChI is InChI=1S/C12H9NO4S/c1-7-11(14)13(12(15)18-7)5-8-2-3-9-10(4-8)17-6-16-9/h2-4H,1,5-6H2. The number of nitrogens with zero attached hydrogens (tertiary/aromatic N) is 1. The van der Waals surface area contributed by atoms with Crippen molar-refractivity contribution in [1.82, 2.24) is 4.90 Å². The van der Waals surface area contributed by atoms with E-state index in [-0.39, 0.29) is 29.4 Å². The summed E-state index contributed by atoms with van der Waals surface area (Å²) in [5, 5.41) is -0.289. The molecular weight excluding hydrogens is 254 g/mol. The Morgan fingerprint density at radius 3 is 2.78 bits per heavy atom. The van der Waals surface area contributed by atoms with Gasteiger partial charge < -0.3 is 9.47 Å². The number of benzene rings is 1. The van der Waals surface area contributed by atoms with E-state index >= 15 is 0 Å². The molecule has 1 aromatic carbocycles. The van der Waals surface area contributed by atoms with Crippen LogP contribution in [0.15, 0.2) is 29.7 Å². The zero-order chi connectivity index (χ0) is 12.7. The predicted molar refractivity (Wildman–Crippen MR) is 65.2 cm³/mol. The lowest BCUT2D eigenvalue weighted by Gasteiger charge is -2.12. The average Bonchev–Trinajstić information content (AvgIpc) is 2.89. The van der Waals surface area contributed by atoms with Gasteiger partial charge >= 0.3 is 0 Å². The molecule has 1 saturated heterocycles. The number of carbonyl (C=O) groups excluding carboxylic acids is 2. The minimum atomic E-state index is -0.331. The molecule has 0 aliphatic carbocycles. The number of imide groups is 1. The van der Waals surface area contributed by atoms with Crippen LogP contribution in [0.4, 0.5) is 4.79 Å². The molecule has 0 bridgehead atoms. The van der Waals surface area contributed by atoms with E-state index in [1.807, 2.05) is 0 Å². The highest BCUT2D eigenvalue weighted by Crippen LogP contribution is 2.34. The second-order valence-electron chi connectivity index (χ2n) is 3.87. The molecule has 2 heterocycles. The minimum Gasteiger partial charge on any atom is -0.454 e. The van der Waals surface area contributed by atoms with Gasteiger partial charge in [-0.25, -0.2) is 0 Å². The van der Waals surface area contributed by atoms with Gasteiger partial charge in [-0.15, -0.1) is 0 Å². The van der Waals surface area contributed by atoms with Crippen molar-refractivity contribution in [2.24, 2.45) is 0 Å². The van der Waals surface area contributed by atoms with Crippen molar-refractivity contribution in [2.75, 3.05) is 6.79 Å². The molecule has 0 unspecified atom stereocenters. The molecule has 2 aliphatic heterocycles. The van der Waals surface area contributed by atoms with Crippen LogP contribution in [0, 0.1) is 0 Å². The van der Waals surface area contributed by atoms with Gasteiger partial charge in [-0.05, 0) is 29.5 Å². The van der Waals surface area contributed by atoms with Gasteiger partial charge in [-0.1, -0.05) is 12.6 Å². The van der Waals surface area contributed by atoms with Gasteiger partial charge in [0.15, 0.2) is 11.5 Å². The van der Waals surface area contributed by atoms with Crippen LogP contribution < -0.4 is 9.47 Å². The van der Waals surface area contributed by atoms with E-state index in [0.29, 0.717) is 11.5 Å². The highest BCUT2D eigenvalue weighted by atomic mass is 32.2. The van der Waals surface area contributed by atoms with Crippen LogP contribution in [-0.4, -0.2) is 22.8 Å². The second-order valence-corrected chi connectivity index (χ2v) is 4.92. The first kappa shape index (κ1) is 11.2. The van der Waals surface area contributed by atoms with Gasteiger partial charge in [0.2, 0.25) is 6.79 Å². The van der Waals surface area contributed by atoms with E-state index in [4.69, 9.17) is 9.47 Å². The third-order valence-electron chi connectivity index (χ3n) is 2.69. The summed E-state index contributed by atoms with van der Waals surface area (Å²) >= 11 is 0.868. The molecule has 2 aliphatic rings. The molecule has 0 saturated carbocycles. The zero-order valence-corrected chi connectivity index (χ0v) is 10.2. The number of hydrogen-bond acceptors (Lipinski definition) is 5. The summed E-state index contributed by atoms with van der Waals surface area (Å²) in [6.07, 6.45) is 0. The van der Waals surface area contributed by atoms with E-state index in [9.17, 15) is 9.59 Å². The van der Waals surface area contributed by atoms with Gasteiger partial charge in [0, 0.05) is 0 Å². The number of ether oxygens (including phenoxy) is 2. The molecule has 0 atom stereocenters. The highest BCUT2D eigenvalue weighted by Gasteiger charge is 2.33. The van der Waals surface area contributed by atoms with Gasteiger partial charge in [0.1, 0.15) is 0 Å². The van der Waals surface area contributed by atoms with Crippen LogP contribution in [0.1, 0.15) is 5.56 Å². The second kappa shape index (κ2) is 4.06. The fourth-order valence-electron chi connectivity index (χ4n) is 1.80. The van der Waals surface area contributed by atoms with Gasteiger partial charge in [0.05, 0.1) is 11.4 Å². The van der Waals surface area contributed by atoms with Crippen molar-refractivity contribution in [3.05, 3.63) is 35.2 Å². The third kappa shape index (κ3) is 1.74. The van der Waals surface area contributed by atoms with Crippen LogP contribution in [0.2, 0.25) is 0 Å². The number of amides is 2. The molecule has 0 N–H and O–H groups in total. The van der Waals surface area contributed by atoms with Crippen molar-refractivity contribution in [3.8, 4) is 11.5 Å². The zero-order valence-electron chi connectivity index (χ0n) is 9.34. The van der Waals surface area contributed by atoms with E-state index in [2.05, 4.69) is 6.58 Å². The lowest BCUT2D eigenvalue weighted by Crippen LogP contribution is -2.27. The molecule has 1 aromatic rings. The normalized spacial score (nSPS) is 17.8. The first-order valence-corrected chi connectivity index (χ1v) is 6.08. The maximum atomic E-state index is 11.7. The van der Waals surface area contributed by atoms with E-state index in [0.717, 1.165) is 17.3 Å². The molecule has 6 heteroatoms. The van der Waals surface area contributed by atoms with E-state index in [1.54, 1.807) is 18.2 Å². The van der Waals surface area contributed by atoms with Crippen molar-refractivity contribution in [2.45, 2.75) is 6.54 Å². The van der Waals surface area contributed by atoms with Crippen LogP contribution in [0.3, 0.4) is 0 Å². The molecule has 1 fully saturated rings. The number of rotatable bonds is 2. The Morgan fingerprint density at radius 1 is 1.28 bits per heavy atom. The molecule has 0 aromatic heterocycles. The fraction of sp³-hybridized carbons (Fsp3) is 0.167. The quantitative estimate of drug-likeness (QED) is 0.765. The smallest absolute Gasteiger partial charge is 0.293 e. The molecule has 3 rings (SSSR count). The average molecular weight is 263 g/mol. The van der Waals surface area contributed by atoms with Crippen LogP contribution in [-0.2, 0) is 11.3 Å². The van der Waals surface area contributed by atoms with Gasteiger partial charge in [0.25, 0.3) is 11.1 Å². The molecule has 2 amide bonds.